The Labute approximate surface area is 181 Å². The number of carbonyl (C=O) groups excluding carboxylic acids is 2. The van der Waals surface area contributed by atoms with Crippen LogP contribution in [0.5, 0.6) is 0 Å². The maximum Gasteiger partial charge on any atom is 0.237 e. The van der Waals surface area contributed by atoms with E-state index in [1.807, 2.05) is 4.90 Å². The normalized spacial score (nSPS) is 21.7. The smallest absolute Gasteiger partial charge is 0.237 e. The van der Waals surface area contributed by atoms with E-state index in [1.54, 1.807) is 0 Å². The average molecular weight is 422 g/mol. The van der Waals surface area contributed by atoms with Crippen LogP contribution in [0.15, 0.2) is 24.3 Å². The Kier molecular flexibility index (Phi) is 9.44. The average Bonchev–Trinajstić information content (AvgIpc) is 3.22. The number of carbonyl (C=O) groups is 2. The van der Waals surface area contributed by atoms with E-state index in [0.717, 1.165) is 57.3 Å². The Morgan fingerprint density at radius 1 is 1.14 bits per heavy atom. The number of hydrogen-bond acceptors (Lipinski definition) is 3. The summed E-state index contributed by atoms with van der Waals surface area (Å²) >= 11 is 0. The van der Waals surface area contributed by atoms with E-state index in [4.69, 9.17) is 0 Å². The van der Waals surface area contributed by atoms with Gasteiger partial charge in [-0.2, -0.15) is 0 Å². The first kappa shape index (κ1) is 23.7. The fourth-order valence-electron chi connectivity index (χ4n) is 4.29. The number of hydrogen-bond donors (Lipinski definition) is 2. The number of likely N-dealkylation sites (tertiary alicyclic amines) is 1. The Hall–Kier alpha value is -1.59. The zero-order valence-electron chi connectivity index (χ0n) is 17.8. The number of nitrogens with one attached hydrogen (secondary N) is 2. The van der Waals surface area contributed by atoms with Crippen molar-refractivity contribution < 1.29 is 9.59 Å². The summed E-state index contributed by atoms with van der Waals surface area (Å²) in [6, 6.07) is 8.44. The third kappa shape index (κ3) is 7.31. The number of rotatable bonds is 7. The molecule has 2 amide bonds. The van der Waals surface area contributed by atoms with Crippen molar-refractivity contribution in [2.75, 3.05) is 26.2 Å². The predicted octanol–water partition coefficient (Wildman–Crippen LogP) is 2.96. The topological polar surface area (TPSA) is 61.4 Å². The molecule has 1 aromatic carbocycles. The third-order valence-corrected chi connectivity index (χ3v) is 5.84. The Morgan fingerprint density at radius 2 is 1.86 bits per heavy atom. The lowest BCUT2D eigenvalue weighted by molar-refractivity contribution is -0.132. The van der Waals surface area contributed by atoms with E-state index in [2.05, 4.69) is 48.7 Å². The molecule has 0 spiro atoms. The Morgan fingerprint density at radius 3 is 2.52 bits per heavy atom. The second kappa shape index (κ2) is 11.6. The maximum absolute atomic E-state index is 12.8. The molecule has 2 unspecified atom stereocenters. The zero-order chi connectivity index (χ0) is 19.9. The first-order chi connectivity index (χ1) is 13.5. The minimum Gasteiger partial charge on any atom is -0.354 e. The van der Waals surface area contributed by atoms with Crippen LogP contribution in [0.4, 0.5) is 0 Å². The van der Waals surface area contributed by atoms with Crippen LogP contribution in [-0.2, 0) is 22.4 Å². The highest BCUT2D eigenvalue weighted by molar-refractivity contribution is 5.85. The SMILES string of the molecule is CC(C)Cc1ccc(CC(=O)N2CCCC(CNC(=O)C3CCCN3)C2)cc1.Cl. The molecule has 2 atom stereocenters. The van der Waals surface area contributed by atoms with Gasteiger partial charge >= 0.3 is 0 Å². The number of nitrogens with zero attached hydrogens (tertiary/aromatic N) is 1. The molecule has 2 aliphatic heterocycles. The molecule has 29 heavy (non-hydrogen) atoms. The van der Waals surface area contributed by atoms with Crippen LogP contribution in [-0.4, -0.2) is 48.9 Å². The fourth-order valence-corrected chi connectivity index (χ4v) is 4.29. The molecular weight excluding hydrogens is 386 g/mol. The summed E-state index contributed by atoms with van der Waals surface area (Å²) in [6.07, 6.45) is 5.63. The van der Waals surface area contributed by atoms with Gasteiger partial charge in [-0.15, -0.1) is 12.4 Å². The predicted molar refractivity (Wildman–Crippen MR) is 119 cm³/mol. The van der Waals surface area contributed by atoms with Crippen LogP contribution in [0.2, 0.25) is 0 Å². The van der Waals surface area contributed by atoms with Crippen LogP contribution in [0.1, 0.15) is 50.7 Å². The molecule has 162 valence electrons. The van der Waals surface area contributed by atoms with Crippen molar-refractivity contribution >= 4 is 24.2 Å². The quantitative estimate of drug-likeness (QED) is 0.711. The first-order valence-electron chi connectivity index (χ1n) is 10.9. The second-order valence-corrected chi connectivity index (χ2v) is 8.83. The largest absolute Gasteiger partial charge is 0.354 e. The molecule has 0 radical (unpaired) electrons. The fraction of sp³-hybridized carbons (Fsp3) is 0.652. The van der Waals surface area contributed by atoms with Gasteiger partial charge in [-0.05, 0) is 61.6 Å². The third-order valence-electron chi connectivity index (χ3n) is 5.84. The van der Waals surface area contributed by atoms with Gasteiger partial charge in [-0.25, -0.2) is 0 Å². The van der Waals surface area contributed by atoms with Gasteiger partial charge in [-0.3, -0.25) is 9.59 Å². The van der Waals surface area contributed by atoms with Gasteiger partial charge in [0.1, 0.15) is 0 Å². The van der Waals surface area contributed by atoms with Gasteiger partial charge < -0.3 is 15.5 Å². The molecule has 3 rings (SSSR count). The lowest BCUT2D eigenvalue weighted by atomic mass is 9.96. The van der Waals surface area contributed by atoms with Gasteiger partial charge in [0.05, 0.1) is 12.5 Å². The summed E-state index contributed by atoms with van der Waals surface area (Å²) < 4.78 is 0. The van der Waals surface area contributed by atoms with Crippen molar-refractivity contribution in [1.29, 1.82) is 0 Å². The summed E-state index contributed by atoms with van der Waals surface area (Å²) in [6.45, 7) is 7.63. The van der Waals surface area contributed by atoms with Crippen LogP contribution >= 0.6 is 12.4 Å². The van der Waals surface area contributed by atoms with Crippen molar-refractivity contribution in [2.45, 2.75) is 58.4 Å². The molecule has 0 bridgehead atoms. The van der Waals surface area contributed by atoms with Gasteiger partial charge in [0, 0.05) is 19.6 Å². The highest BCUT2D eigenvalue weighted by atomic mass is 35.5. The van der Waals surface area contributed by atoms with Crippen molar-refractivity contribution in [3.8, 4) is 0 Å². The molecule has 2 N–H and O–H groups in total. The molecular formula is C23H36ClN3O2. The molecule has 2 saturated heterocycles. The highest BCUT2D eigenvalue weighted by Crippen LogP contribution is 2.18. The van der Waals surface area contributed by atoms with Gasteiger partial charge in [0.15, 0.2) is 0 Å². The summed E-state index contributed by atoms with van der Waals surface area (Å²) in [4.78, 5) is 26.9. The molecule has 5 nitrogen and oxygen atoms in total. The van der Waals surface area contributed by atoms with E-state index in [9.17, 15) is 9.59 Å². The van der Waals surface area contributed by atoms with Crippen molar-refractivity contribution in [3.05, 3.63) is 35.4 Å². The van der Waals surface area contributed by atoms with Gasteiger partial charge in [0.25, 0.3) is 0 Å². The molecule has 2 heterocycles. The molecule has 0 aliphatic carbocycles. The van der Waals surface area contributed by atoms with E-state index in [0.29, 0.717) is 24.8 Å². The molecule has 0 aromatic heterocycles. The van der Waals surface area contributed by atoms with Crippen LogP contribution in [0.3, 0.4) is 0 Å². The first-order valence-corrected chi connectivity index (χ1v) is 10.9. The Bertz CT molecular complexity index is 657. The minimum atomic E-state index is -0.0278. The summed E-state index contributed by atoms with van der Waals surface area (Å²) in [7, 11) is 0. The van der Waals surface area contributed by atoms with Crippen LogP contribution < -0.4 is 10.6 Å². The molecule has 0 saturated carbocycles. The van der Waals surface area contributed by atoms with Crippen molar-refractivity contribution in [2.24, 2.45) is 11.8 Å². The standard InChI is InChI=1S/C23H35N3O2.ClH/c1-17(2)13-18-7-9-19(10-8-18)14-22(27)26-12-4-5-20(16-26)15-25-23(28)21-6-3-11-24-21;/h7-10,17,20-21,24H,3-6,11-16H2,1-2H3,(H,25,28);1H. The van der Waals surface area contributed by atoms with Crippen LogP contribution in [0, 0.1) is 11.8 Å². The lowest BCUT2D eigenvalue weighted by Crippen LogP contribution is -2.47. The zero-order valence-corrected chi connectivity index (χ0v) is 18.6. The minimum absolute atomic E-state index is 0. The molecule has 2 fully saturated rings. The van der Waals surface area contributed by atoms with E-state index in [-0.39, 0.29) is 30.3 Å². The van der Waals surface area contributed by atoms with Crippen LogP contribution in [0.25, 0.3) is 0 Å². The highest BCUT2D eigenvalue weighted by Gasteiger charge is 2.26. The van der Waals surface area contributed by atoms with Gasteiger partial charge in [-0.1, -0.05) is 38.1 Å². The summed E-state index contributed by atoms with van der Waals surface area (Å²) in [5, 5.41) is 6.32. The maximum atomic E-state index is 12.8. The van der Waals surface area contributed by atoms with Gasteiger partial charge in [0.2, 0.25) is 11.8 Å². The number of piperidine rings is 1. The summed E-state index contributed by atoms with van der Waals surface area (Å²) in [5.41, 5.74) is 2.41. The lowest BCUT2D eigenvalue weighted by Gasteiger charge is -2.33. The summed E-state index contributed by atoms with van der Waals surface area (Å²) in [5.74, 6) is 1.31. The molecule has 2 aliphatic rings. The van der Waals surface area contributed by atoms with E-state index in [1.165, 1.54) is 5.56 Å². The van der Waals surface area contributed by atoms with E-state index < -0.39 is 0 Å². The second-order valence-electron chi connectivity index (χ2n) is 8.83. The monoisotopic (exact) mass is 421 g/mol. The Balaban J connectivity index is 0.00000300. The van der Waals surface area contributed by atoms with E-state index >= 15 is 0 Å². The number of amides is 2. The molecule has 1 aromatic rings. The number of halogens is 1. The molecule has 6 heteroatoms. The van der Waals surface area contributed by atoms with Crippen molar-refractivity contribution in [1.82, 2.24) is 15.5 Å². The van der Waals surface area contributed by atoms with Crippen molar-refractivity contribution in [3.63, 3.8) is 0 Å². The number of benzene rings is 1.